The molecular formula is C42H26N2. The molecule has 1 heterocycles. The standard InChI is InChI=1S/C42H26N2/c1-3-13-29(14-4-1)41-42(30-15-5-2-6-16-30)44-38-26-31(22-24-37(38)43-41)36-25-32-20-19-27-11-7-9-17-33(27)39(32)35-23-21-28-12-8-10-18-34(28)40(35)36/h1-26H. The van der Waals surface area contributed by atoms with Gasteiger partial charge in [0.25, 0.3) is 0 Å². The fourth-order valence-electron chi connectivity index (χ4n) is 6.75. The zero-order chi connectivity index (χ0) is 29.0. The van der Waals surface area contributed by atoms with E-state index in [1.165, 1.54) is 48.7 Å². The van der Waals surface area contributed by atoms with Crippen LogP contribution in [0.3, 0.4) is 0 Å². The Hall–Kier alpha value is -5.86. The Bertz CT molecular complexity index is 2530. The summed E-state index contributed by atoms with van der Waals surface area (Å²) < 4.78 is 0. The third kappa shape index (κ3) is 3.89. The van der Waals surface area contributed by atoms with Crippen molar-refractivity contribution in [3.05, 3.63) is 158 Å². The lowest BCUT2D eigenvalue weighted by Gasteiger charge is -2.16. The minimum Gasteiger partial charge on any atom is -0.244 e. The quantitative estimate of drug-likeness (QED) is 0.202. The van der Waals surface area contributed by atoms with E-state index >= 15 is 0 Å². The lowest BCUT2D eigenvalue weighted by atomic mass is 9.88. The van der Waals surface area contributed by atoms with Crippen LogP contribution in [0, 0.1) is 0 Å². The fraction of sp³-hybridized carbons (Fsp3) is 0. The van der Waals surface area contributed by atoms with Crippen molar-refractivity contribution in [2.75, 3.05) is 0 Å². The van der Waals surface area contributed by atoms with E-state index in [2.05, 4.69) is 146 Å². The van der Waals surface area contributed by atoms with Crippen LogP contribution in [0.1, 0.15) is 0 Å². The Morgan fingerprint density at radius 2 is 0.864 bits per heavy atom. The molecule has 204 valence electrons. The van der Waals surface area contributed by atoms with Crippen LogP contribution in [0.4, 0.5) is 0 Å². The van der Waals surface area contributed by atoms with Gasteiger partial charge in [0.05, 0.1) is 22.4 Å². The number of hydrogen-bond donors (Lipinski definition) is 0. The summed E-state index contributed by atoms with van der Waals surface area (Å²) in [7, 11) is 0. The molecule has 0 aliphatic carbocycles. The molecule has 0 fully saturated rings. The lowest BCUT2D eigenvalue weighted by molar-refractivity contribution is 1.29. The third-order valence-corrected chi connectivity index (χ3v) is 8.80. The molecule has 2 nitrogen and oxygen atoms in total. The Morgan fingerprint density at radius 3 is 1.55 bits per heavy atom. The van der Waals surface area contributed by atoms with Crippen LogP contribution in [-0.4, -0.2) is 9.97 Å². The van der Waals surface area contributed by atoms with Crippen LogP contribution in [0.5, 0.6) is 0 Å². The number of aromatic nitrogens is 2. The van der Waals surface area contributed by atoms with Crippen LogP contribution in [0.2, 0.25) is 0 Å². The van der Waals surface area contributed by atoms with Gasteiger partial charge in [0.2, 0.25) is 0 Å². The molecule has 0 saturated heterocycles. The van der Waals surface area contributed by atoms with Gasteiger partial charge in [0.15, 0.2) is 0 Å². The third-order valence-electron chi connectivity index (χ3n) is 8.80. The maximum atomic E-state index is 5.29. The Balaban J connectivity index is 1.36. The molecule has 2 heteroatoms. The summed E-state index contributed by atoms with van der Waals surface area (Å²) in [5, 5.41) is 10.1. The van der Waals surface area contributed by atoms with Gasteiger partial charge >= 0.3 is 0 Å². The van der Waals surface area contributed by atoms with Gasteiger partial charge in [-0.15, -0.1) is 0 Å². The molecule has 0 spiro atoms. The molecule has 0 N–H and O–H groups in total. The summed E-state index contributed by atoms with van der Waals surface area (Å²) in [5.74, 6) is 0. The molecule has 9 rings (SSSR count). The van der Waals surface area contributed by atoms with Gasteiger partial charge in [-0.1, -0.05) is 140 Å². The van der Waals surface area contributed by atoms with E-state index in [9.17, 15) is 0 Å². The van der Waals surface area contributed by atoms with Crippen molar-refractivity contribution in [1.82, 2.24) is 9.97 Å². The van der Waals surface area contributed by atoms with E-state index in [0.29, 0.717) is 0 Å². The SMILES string of the molecule is c1ccc(-c2nc3ccc(-c4cc5ccc6ccccc6c5c5ccc6ccccc6c45)cc3nc2-c2ccccc2)cc1. The van der Waals surface area contributed by atoms with Crippen molar-refractivity contribution in [1.29, 1.82) is 0 Å². The molecule has 0 radical (unpaired) electrons. The van der Waals surface area contributed by atoms with Crippen molar-refractivity contribution >= 4 is 54.1 Å². The van der Waals surface area contributed by atoms with Crippen LogP contribution in [0.15, 0.2) is 158 Å². The molecule has 44 heavy (non-hydrogen) atoms. The molecule has 9 aromatic rings. The molecule has 0 bridgehead atoms. The molecular weight excluding hydrogens is 532 g/mol. The van der Waals surface area contributed by atoms with Gasteiger partial charge in [0.1, 0.15) is 0 Å². The van der Waals surface area contributed by atoms with Gasteiger partial charge < -0.3 is 0 Å². The van der Waals surface area contributed by atoms with Gasteiger partial charge in [-0.05, 0) is 72.4 Å². The molecule has 0 saturated carbocycles. The number of rotatable bonds is 3. The van der Waals surface area contributed by atoms with E-state index in [4.69, 9.17) is 9.97 Å². The zero-order valence-corrected chi connectivity index (χ0v) is 23.9. The predicted molar refractivity (Wildman–Crippen MR) is 186 cm³/mol. The van der Waals surface area contributed by atoms with Crippen molar-refractivity contribution in [3.63, 3.8) is 0 Å². The number of benzene rings is 8. The zero-order valence-electron chi connectivity index (χ0n) is 23.9. The molecule has 0 atom stereocenters. The highest BCUT2D eigenvalue weighted by Crippen LogP contribution is 2.42. The van der Waals surface area contributed by atoms with Crippen LogP contribution < -0.4 is 0 Å². The highest BCUT2D eigenvalue weighted by Gasteiger charge is 2.17. The first-order chi connectivity index (χ1) is 21.8. The van der Waals surface area contributed by atoms with E-state index in [0.717, 1.165) is 39.1 Å². The van der Waals surface area contributed by atoms with E-state index in [1.54, 1.807) is 0 Å². The predicted octanol–water partition coefficient (Wildman–Crippen LogP) is 11.2. The normalized spacial score (nSPS) is 11.6. The fourth-order valence-corrected chi connectivity index (χ4v) is 6.75. The lowest BCUT2D eigenvalue weighted by Crippen LogP contribution is -1.96. The maximum Gasteiger partial charge on any atom is 0.0973 e. The first kappa shape index (κ1) is 24.7. The minimum absolute atomic E-state index is 0.882. The van der Waals surface area contributed by atoms with Gasteiger partial charge in [0, 0.05) is 11.1 Å². The number of nitrogens with zero attached hydrogens (tertiary/aromatic N) is 2. The van der Waals surface area contributed by atoms with Gasteiger partial charge in [-0.2, -0.15) is 0 Å². The van der Waals surface area contributed by atoms with Gasteiger partial charge in [-0.25, -0.2) is 9.97 Å². The van der Waals surface area contributed by atoms with Crippen LogP contribution in [0.25, 0.3) is 87.8 Å². The highest BCUT2D eigenvalue weighted by molar-refractivity contribution is 6.28. The molecule has 1 aromatic heterocycles. The summed E-state index contributed by atoms with van der Waals surface area (Å²) in [6.45, 7) is 0. The average molecular weight is 559 g/mol. The van der Waals surface area contributed by atoms with Crippen molar-refractivity contribution < 1.29 is 0 Å². The minimum atomic E-state index is 0.882. The van der Waals surface area contributed by atoms with E-state index in [1.807, 2.05) is 12.1 Å². The van der Waals surface area contributed by atoms with Gasteiger partial charge in [-0.3, -0.25) is 0 Å². The summed E-state index contributed by atoms with van der Waals surface area (Å²) in [6.07, 6.45) is 0. The largest absolute Gasteiger partial charge is 0.244 e. The summed E-state index contributed by atoms with van der Waals surface area (Å²) in [4.78, 5) is 10.5. The Morgan fingerprint density at radius 1 is 0.318 bits per heavy atom. The van der Waals surface area contributed by atoms with Crippen molar-refractivity contribution in [2.45, 2.75) is 0 Å². The monoisotopic (exact) mass is 558 g/mol. The first-order valence-corrected chi connectivity index (χ1v) is 15.0. The summed E-state index contributed by atoms with van der Waals surface area (Å²) in [6, 6.07) is 56.1. The topological polar surface area (TPSA) is 25.8 Å². The second kappa shape index (κ2) is 9.86. The Kier molecular flexibility index (Phi) is 5.54. The maximum absolute atomic E-state index is 5.29. The smallest absolute Gasteiger partial charge is 0.0973 e. The molecule has 0 amide bonds. The number of hydrogen-bond acceptors (Lipinski definition) is 2. The molecule has 8 aromatic carbocycles. The first-order valence-electron chi connectivity index (χ1n) is 15.0. The molecule has 0 aliphatic rings. The second-order valence-electron chi connectivity index (χ2n) is 11.4. The van der Waals surface area contributed by atoms with Crippen LogP contribution >= 0.6 is 0 Å². The highest BCUT2D eigenvalue weighted by atomic mass is 14.8. The van der Waals surface area contributed by atoms with E-state index < -0.39 is 0 Å². The molecule has 0 aliphatic heterocycles. The second-order valence-corrected chi connectivity index (χ2v) is 11.4. The molecule has 0 unspecified atom stereocenters. The summed E-state index contributed by atoms with van der Waals surface area (Å²) >= 11 is 0. The van der Waals surface area contributed by atoms with Crippen molar-refractivity contribution in [2.24, 2.45) is 0 Å². The average Bonchev–Trinajstić information content (AvgIpc) is 3.10. The van der Waals surface area contributed by atoms with E-state index in [-0.39, 0.29) is 0 Å². The number of fused-ring (bicyclic) bond motifs is 8. The Labute approximate surface area is 254 Å². The van der Waals surface area contributed by atoms with Crippen molar-refractivity contribution in [3.8, 4) is 33.6 Å². The summed E-state index contributed by atoms with van der Waals surface area (Å²) in [5.41, 5.74) is 8.00. The van der Waals surface area contributed by atoms with Crippen LogP contribution in [-0.2, 0) is 0 Å².